The van der Waals surface area contributed by atoms with Gasteiger partial charge >= 0.3 is 0 Å². The molecule has 2 unspecified atom stereocenters. The van der Waals surface area contributed by atoms with Gasteiger partial charge < -0.3 is 16.2 Å². The number of carbonyl (C=O) groups excluding carboxylic acids is 1. The zero-order valence-corrected chi connectivity index (χ0v) is 10.9. The van der Waals surface area contributed by atoms with Crippen molar-refractivity contribution < 1.29 is 9.90 Å². The highest BCUT2D eigenvalue weighted by Crippen LogP contribution is 2.14. The minimum absolute atomic E-state index is 0.0467. The van der Waals surface area contributed by atoms with Crippen LogP contribution >= 0.6 is 0 Å². The third kappa shape index (κ3) is 4.94. The van der Waals surface area contributed by atoms with Gasteiger partial charge in [-0.1, -0.05) is 20.8 Å². The first-order valence-electron chi connectivity index (χ1n) is 6.01. The van der Waals surface area contributed by atoms with Crippen LogP contribution in [-0.4, -0.2) is 29.7 Å². The van der Waals surface area contributed by atoms with Crippen molar-refractivity contribution in [1.29, 1.82) is 0 Å². The first-order valence-corrected chi connectivity index (χ1v) is 6.01. The zero-order valence-electron chi connectivity index (χ0n) is 10.9. The Kier molecular flexibility index (Phi) is 6.60. The molecule has 2 atom stereocenters. The van der Waals surface area contributed by atoms with Gasteiger partial charge in [-0.05, 0) is 25.7 Å². The third-order valence-electron chi connectivity index (χ3n) is 2.97. The fourth-order valence-corrected chi connectivity index (χ4v) is 1.52. The highest BCUT2D eigenvalue weighted by Gasteiger charge is 2.27. The second-order valence-electron chi connectivity index (χ2n) is 5.12. The average Bonchev–Trinajstić information content (AvgIpc) is 2.25. The second-order valence-corrected chi connectivity index (χ2v) is 5.12. The second kappa shape index (κ2) is 6.86. The molecule has 16 heavy (non-hydrogen) atoms. The maximum absolute atomic E-state index is 11.9. The van der Waals surface area contributed by atoms with Gasteiger partial charge in [0, 0.05) is 6.54 Å². The highest BCUT2D eigenvalue weighted by molar-refractivity contribution is 5.79. The summed E-state index contributed by atoms with van der Waals surface area (Å²) < 4.78 is 0. The Labute approximate surface area is 98.6 Å². The minimum Gasteiger partial charge on any atom is -0.394 e. The quantitative estimate of drug-likeness (QED) is 0.608. The predicted molar refractivity (Wildman–Crippen MR) is 65.9 cm³/mol. The van der Waals surface area contributed by atoms with Gasteiger partial charge in [-0.25, -0.2) is 0 Å². The number of hydrogen-bond acceptors (Lipinski definition) is 3. The van der Waals surface area contributed by atoms with Gasteiger partial charge in [0.2, 0.25) is 5.91 Å². The van der Waals surface area contributed by atoms with Gasteiger partial charge in [0.25, 0.3) is 0 Å². The van der Waals surface area contributed by atoms with Crippen LogP contribution in [0.5, 0.6) is 0 Å². The standard InChI is InChI=1S/C12H26N2O2/c1-5-12(4,8-15)14-11(16)10(7-13)6-9(2)3/h9-10,15H,5-8,13H2,1-4H3,(H,14,16). The van der Waals surface area contributed by atoms with Crippen LogP contribution in [-0.2, 0) is 4.79 Å². The maximum atomic E-state index is 11.9. The lowest BCUT2D eigenvalue weighted by Gasteiger charge is -2.29. The summed E-state index contributed by atoms with van der Waals surface area (Å²) in [5.41, 5.74) is 5.07. The van der Waals surface area contributed by atoms with Gasteiger partial charge in [0.15, 0.2) is 0 Å². The number of carbonyl (C=O) groups is 1. The van der Waals surface area contributed by atoms with E-state index < -0.39 is 5.54 Å². The summed E-state index contributed by atoms with van der Waals surface area (Å²) >= 11 is 0. The van der Waals surface area contributed by atoms with Crippen molar-refractivity contribution in [2.75, 3.05) is 13.2 Å². The van der Waals surface area contributed by atoms with E-state index in [1.54, 1.807) is 0 Å². The number of rotatable bonds is 7. The average molecular weight is 230 g/mol. The Bertz CT molecular complexity index is 213. The largest absolute Gasteiger partial charge is 0.394 e. The number of nitrogens with two attached hydrogens (primary N) is 1. The van der Waals surface area contributed by atoms with Crippen LogP contribution in [0.2, 0.25) is 0 Å². The van der Waals surface area contributed by atoms with Crippen molar-refractivity contribution in [3.63, 3.8) is 0 Å². The van der Waals surface area contributed by atoms with Crippen molar-refractivity contribution in [3.05, 3.63) is 0 Å². The molecule has 1 amide bonds. The summed E-state index contributed by atoms with van der Waals surface area (Å²) in [6.07, 6.45) is 1.49. The molecule has 0 aliphatic carbocycles. The first kappa shape index (κ1) is 15.4. The van der Waals surface area contributed by atoms with Gasteiger partial charge in [0.1, 0.15) is 0 Å². The van der Waals surface area contributed by atoms with Crippen LogP contribution in [0.15, 0.2) is 0 Å². The van der Waals surface area contributed by atoms with Crippen molar-refractivity contribution in [1.82, 2.24) is 5.32 Å². The number of aliphatic hydroxyl groups excluding tert-OH is 1. The molecule has 0 spiro atoms. The number of amides is 1. The molecule has 4 nitrogen and oxygen atoms in total. The van der Waals surface area contributed by atoms with Crippen LogP contribution in [0.1, 0.15) is 40.5 Å². The predicted octanol–water partition coefficient (Wildman–Crippen LogP) is 0.885. The van der Waals surface area contributed by atoms with Crippen LogP contribution in [0.4, 0.5) is 0 Å². The van der Waals surface area contributed by atoms with Crippen molar-refractivity contribution in [2.24, 2.45) is 17.6 Å². The van der Waals surface area contributed by atoms with Crippen molar-refractivity contribution in [3.8, 4) is 0 Å². The van der Waals surface area contributed by atoms with Crippen LogP contribution in [0.3, 0.4) is 0 Å². The Morgan fingerprint density at radius 1 is 1.50 bits per heavy atom. The van der Waals surface area contributed by atoms with E-state index in [9.17, 15) is 9.90 Å². The summed E-state index contributed by atoms with van der Waals surface area (Å²) in [5, 5.41) is 12.1. The maximum Gasteiger partial charge on any atom is 0.224 e. The lowest BCUT2D eigenvalue weighted by Crippen LogP contribution is -2.51. The van der Waals surface area contributed by atoms with Gasteiger partial charge in [-0.2, -0.15) is 0 Å². The number of nitrogens with one attached hydrogen (secondary N) is 1. The van der Waals surface area contributed by atoms with E-state index in [1.165, 1.54) is 0 Å². The molecule has 4 heteroatoms. The molecule has 0 saturated carbocycles. The molecule has 0 aliphatic rings. The Hall–Kier alpha value is -0.610. The summed E-state index contributed by atoms with van der Waals surface area (Å²) in [5.74, 6) is 0.244. The summed E-state index contributed by atoms with van der Waals surface area (Å²) in [6, 6.07) is 0. The molecule has 0 aromatic heterocycles. The summed E-state index contributed by atoms with van der Waals surface area (Å²) in [6.45, 7) is 8.23. The van der Waals surface area contributed by atoms with E-state index in [2.05, 4.69) is 19.2 Å². The molecule has 0 aromatic rings. The van der Waals surface area contributed by atoms with Crippen LogP contribution in [0.25, 0.3) is 0 Å². The van der Waals surface area contributed by atoms with E-state index in [1.807, 2.05) is 13.8 Å². The fourth-order valence-electron chi connectivity index (χ4n) is 1.52. The van der Waals surface area contributed by atoms with Gasteiger partial charge in [0.05, 0.1) is 18.1 Å². The first-order chi connectivity index (χ1) is 7.38. The van der Waals surface area contributed by atoms with Crippen LogP contribution in [0, 0.1) is 11.8 Å². The molecule has 0 saturated heterocycles. The van der Waals surface area contributed by atoms with Gasteiger partial charge in [-0.15, -0.1) is 0 Å². The van der Waals surface area contributed by atoms with Gasteiger partial charge in [-0.3, -0.25) is 4.79 Å². The van der Waals surface area contributed by atoms with Crippen molar-refractivity contribution in [2.45, 2.75) is 46.1 Å². The molecular formula is C12H26N2O2. The monoisotopic (exact) mass is 230 g/mol. The molecular weight excluding hydrogens is 204 g/mol. The summed E-state index contributed by atoms with van der Waals surface area (Å²) in [7, 11) is 0. The summed E-state index contributed by atoms with van der Waals surface area (Å²) in [4.78, 5) is 11.9. The smallest absolute Gasteiger partial charge is 0.224 e. The fraction of sp³-hybridized carbons (Fsp3) is 0.917. The molecule has 0 radical (unpaired) electrons. The van der Waals surface area contributed by atoms with E-state index in [0.717, 1.165) is 6.42 Å². The van der Waals surface area contributed by atoms with E-state index >= 15 is 0 Å². The molecule has 0 heterocycles. The highest BCUT2D eigenvalue weighted by atomic mass is 16.3. The Balaban J connectivity index is 4.41. The van der Waals surface area contributed by atoms with E-state index in [4.69, 9.17) is 5.73 Å². The third-order valence-corrected chi connectivity index (χ3v) is 2.97. The molecule has 4 N–H and O–H groups in total. The topological polar surface area (TPSA) is 75.3 Å². The Morgan fingerprint density at radius 2 is 2.06 bits per heavy atom. The molecule has 0 rings (SSSR count). The molecule has 0 aliphatic heterocycles. The normalized spacial score (nSPS) is 16.9. The zero-order chi connectivity index (χ0) is 12.8. The molecule has 0 bridgehead atoms. The number of hydrogen-bond donors (Lipinski definition) is 3. The van der Waals surface area contributed by atoms with E-state index in [-0.39, 0.29) is 18.4 Å². The molecule has 0 fully saturated rings. The molecule has 0 aromatic carbocycles. The minimum atomic E-state index is -0.526. The molecule has 96 valence electrons. The lowest BCUT2D eigenvalue weighted by molar-refractivity contribution is -0.127. The van der Waals surface area contributed by atoms with Crippen LogP contribution < -0.4 is 11.1 Å². The SMILES string of the molecule is CCC(C)(CO)NC(=O)C(CN)CC(C)C. The lowest BCUT2D eigenvalue weighted by atomic mass is 9.93. The number of aliphatic hydroxyl groups is 1. The van der Waals surface area contributed by atoms with Crippen molar-refractivity contribution >= 4 is 5.91 Å². The Morgan fingerprint density at radius 3 is 2.38 bits per heavy atom. The van der Waals surface area contributed by atoms with E-state index in [0.29, 0.717) is 18.9 Å².